The van der Waals surface area contributed by atoms with E-state index in [1.54, 1.807) is 30.3 Å². The van der Waals surface area contributed by atoms with Crippen LogP contribution in [0, 0.1) is 6.92 Å². The Labute approximate surface area is 209 Å². The van der Waals surface area contributed by atoms with E-state index in [-0.39, 0.29) is 18.3 Å². The number of ether oxygens (including phenoxy) is 2. The number of anilines is 1. The molecule has 1 aromatic heterocycles. The van der Waals surface area contributed by atoms with Gasteiger partial charge in [-0.3, -0.25) is 9.36 Å². The van der Waals surface area contributed by atoms with Crippen molar-refractivity contribution in [2.45, 2.75) is 45.0 Å². The Balaban J connectivity index is 1.66. The van der Waals surface area contributed by atoms with Crippen LogP contribution >= 0.6 is 11.8 Å². The van der Waals surface area contributed by atoms with Gasteiger partial charge in [0.2, 0.25) is 5.91 Å². The van der Waals surface area contributed by atoms with E-state index in [4.69, 9.17) is 9.47 Å². The molecule has 0 atom stereocenters. The lowest BCUT2D eigenvalue weighted by molar-refractivity contribution is -0.113. The van der Waals surface area contributed by atoms with Crippen LogP contribution in [0.5, 0.6) is 5.75 Å². The maximum atomic E-state index is 12.5. The molecule has 184 valence electrons. The second kappa shape index (κ2) is 12.2. The van der Waals surface area contributed by atoms with Crippen molar-refractivity contribution in [3.05, 3.63) is 77.6 Å². The van der Waals surface area contributed by atoms with E-state index in [9.17, 15) is 9.59 Å². The van der Waals surface area contributed by atoms with Crippen LogP contribution in [0.1, 0.15) is 47.1 Å². The van der Waals surface area contributed by atoms with E-state index < -0.39 is 5.97 Å². The zero-order valence-corrected chi connectivity index (χ0v) is 21.2. The van der Waals surface area contributed by atoms with Crippen molar-refractivity contribution in [3.8, 4) is 5.75 Å². The van der Waals surface area contributed by atoms with Gasteiger partial charge in [-0.25, -0.2) is 4.79 Å². The van der Waals surface area contributed by atoms with Gasteiger partial charge in [0.25, 0.3) is 0 Å². The Hall–Kier alpha value is -3.59. The van der Waals surface area contributed by atoms with Crippen molar-refractivity contribution in [3.63, 3.8) is 0 Å². The van der Waals surface area contributed by atoms with Gasteiger partial charge in [-0.15, -0.1) is 16.8 Å². The molecule has 0 unspecified atom stereocenters. The van der Waals surface area contributed by atoms with Crippen LogP contribution < -0.4 is 10.1 Å². The first-order valence-electron chi connectivity index (χ1n) is 11.2. The summed E-state index contributed by atoms with van der Waals surface area (Å²) in [6.45, 7) is 10.8. The number of methoxy groups -OCH3 is 1. The highest BCUT2D eigenvalue weighted by Crippen LogP contribution is 2.28. The molecule has 1 N–H and O–H groups in total. The molecular weight excluding hydrogens is 464 g/mol. The second-order valence-corrected chi connectivity index (χ2v) is 9.13. The van der Waals surface area contributed by atoms with Gasteiger partial charge >= 0.3 is 5.97 Å². The molecule has 2 aromatic carbocycles. The number of nitrogens with zero attached hydrogens (tertiary/aromatic N) is 3. The molecule has 0 saturated carbocycles. The zero-order chi connectivity index (χ0) is 25.4. The number of allylic oxidation sites excluding steroid dienone is 1. The van der Waals surface area contributed by atoms with Crippen molar-refractivity contribution in [2.24, 2.45) is 0 Å². The van der Waals surface area contributed by atoms with Gasteiger partial charge in [0.15, 0.2) is 11.0 Å². The largest absolute Gasteiger partial charge is 0.485 e. The normalized spacial score (nSPS) is 10.8. The maximum absolute atomic E-state index is 12.5. The number of hydrogen-bond donors (Lipinski definition) is 1. The van der Waals surface area contributed by atoms with Gasteiger partial charge in [0, 0.05) is 12.2 Å². The fourth-order valence-corrected chi connectivity index (χ4v) is 4.17. The topological polar surface area (TPSA) is 95.3 Å². The van der Waals surface area contributed by atoms with E-state index in [1.807, 2.05) is 17.6 Å². The predicted molar refractivity (Wildman–Crippen MR) is 137 cm³/mol. The van der Waals surface area contributed by atoms with Crippen LogP contribution in [0.25, 0.3) is 0 Å². The van der Waals surface area contributed by atoms with Gasteiger partial charge in [-0.2, -0.15) is 0 Å². The maximum Gasteiger partial charge on any atom is 0.337 e. The summed E-state index contributed by atoms with van der Waals surface area (Å²) in [6, 6.07) is 12.8. The molecule has 0 radical (unpaired) electrons. The Morgan fingerprint density at radius 1 is 1.20 bits per heavy atom. The average Bonchev–Trinajstić information content (AvgIpc) is 3.22. The van der Waals surface area contributed by atoms with E-state index in [0.717, 1.165) is 16.9 Å². The van der Waals surface area contributed by atoms with Crippen molar-refractivity contribution in [2.75, 3.05) is 18.2 Å². The first-order valence-corrected chi connectivity index (χ1v) is 12.2. The Morgan fingerprint density at radius 2 is 2.00 bits per heavy atom. The summed E-state index contributed by atoms with van der Waals surface area (Å²) < 4.78 is 12.7. The number of nitrogens with one attached hydrogen (secondary N) is 1. The van der Waals surface area contributed by atoms with E-state index >= 15 is 0 Å². The third-order valence-electron chi connectivity index (χ3n) is 5.15. The molecule has 3 aromatic rings. The van der Waals surface area contributed by atoms with E-state index in [1.165, 1.54) is 18.9 Å². The molecule has 0 fully saturated rings. The number of benzene rings is 2. The van der Waals surface area contributed by atoms with Crippen LogP contribution in [0.3, 0.4) is 0 Å². The number of aromatic nitrogens is 3. The van der Waals surface area contributed by atoms with Gasteiger partial charge in [0.05, 0.1) is 18.4 Å². The summed E-state index contributed by atoms with van der Waals surface area (Å²) in [5.74, 6) is 1.23. The summed E-state index contributed by atoms with van der Waals surface area (Å²) in [4.78, 5) is 24.2. The van der Waals surface area contributed by atoms with Crippen molar-refractivity contribution < 1.29 is 19.1 Å². The van der Waals surface area contributed by atoms with Crippen LogP contribution in [-0.2, 0) is 22.7 Å². The first kappa shape index (κ1) is 26.0. The quantitative estimate of drug-likeness (QED) is 0.228. The molecule has 8 nitrogen and oxygen atoms in total. The smallest absolute Gasteiger partial charge is 0.337 e. The molecule has 1 amide bonds. The molecule has 0 aliphatic carbocycles. The lowest BCUT2D eigenvalue weighted by Crippen LogP contribution is -2.15. The Bertz CT molecular complexity index is 1210. The fourth-order valence-electron chi connectivity index (χ4n) is 3.40. The molecule has 0 aliphatic rings. The zero-order valence-electron chi connectivity index (χ0n) is 20.4. The SMILES string of the molecule is C=CCn1c(COc2cc(C)ccc2C(C)C)nnc1SCC(=O)Nc1cccc(C(=O)OC)c1. The number of carbonyl (C=O) groups is 2. The molecule has 0 saturated heterocycles. The Morgan fingerprint density at radius 3 is 2.71 bits per heavy atom. The number of carbonyl (C=O) groups excluding carboxylic acids is 2. The van der Waals surface area contributed by atoms with Crippen LogP contribution in [0.4, 0.5) is 5.69 Å². The minimum atomic E-state index is -0.464. The lowest BCUT2D eigenvalue weighted by atomic mass is 10.0. The molecule has 0 spiro atoms. The molecule has 0 bridgehead atoms. The van der Waals surface area contributed by atoms with Crippen LogP contribution in [0.2, 0.25) is 0 Å². The molecule has 9 heteroatoms. The molecule has 3 rings (SSSR count). The summed E-state index contributed by atoms with van der Waals surface area (Å²) in [6.07, 6.45) is 1.75. The number of rotatable bonds is 11. The van der Waals surface area contributed by atoms with Crippen molar-refractivity contribution in [1.82, 2.24) is 14.8 Å². The van der Waals surface area contributed by atoms with Gasteiger partial charge in [-0.1, -0.05) is 49.9 Å². The lowest BCUT2D eigenvalue weighted by Gasteiger charge is -2.15. The number of aryl methyl sites for hydroxylation is 1. The summed E-state index contributed by atoms with van der Waals surface area (Å²) >= 11 is 1.26. The number of esters is 1. The Kier molecular flexibility index (Phi) is 9.08. The monoisotopic (exact) mass is 494 g/mol. The molecule has 0 aliphatic heterocycles. The van der Waals surface area contributed by atoms with Crippen LogP contribution in [-0.4, -0.2) is 39.5 Å². The highest BCUT2D eigenvalue weighted by molar-refractivity contribution is 7.99. The minimum absolute atomic E-state index is 0.119. The van der Waals surface area contributed by atoms with E-state index in [0.29, 0.717) is 34.7 Å². The molecule has 35 heavy (non-hydrogen) atoms. The summed E-state index contributed by atoms with van der Waals surface area (Å²) in [7, 11) is 1.31. The molecule has 1 heterocycles. The van der Waals surface area contributed by atoms with Crippen molar-refractivity contribution >= 4 is 29.3 Å². The molecular formula is C26H30N4O4S. The first-order chi connectivity index (χ1) is 16.8. The second-order valence-electron chi connectivity index (χ2n) is 8.19. The van der Waals surface area contributed by atoms with Crippen molar-refractivity contribution in [1.29, 1.82) is 0 Å². The number of hydrogen-bond acceptors (Lipinski definition) is 7. The standard InChI is InChI=1S/C26H30N4O4S/c1-6-12-30-23(15-34-22-13-18(4)10-11-21(22)17(2)3)28-29-26(30)35-16-24(31)27-20-9-7-8-19(14-20)25(32)33-5/h6-11,13-14,17H,1,12,15-16H2,2-5H3,(H,27,31). The fraction of sp³-hybridized carbons (Fsp3) is 0.308. The summed E-state index contributed by atoms with van der Waals surface area (Å²) in [5, 5.41) is 11.9. The third-order valence-corrected chi connectivity index (χ3v) is 6.12. The summed E-state index contributed by atoms with van der Waals surface area (Å²) in [5.41, 5.74) is 3.13. The van der Waals surface area contributed by atoms with Crippen LogP contribution in [0.15, 0.2) is 60.3 Å². The van der Waals surface area contributed by atoms with E-state index in [2.05, 4.69) is 48.1 Å². The predicted octanol–water partition coefficient (Wildman–Crippen LogP) is 4.99. The van der Waals surface area contributed by atoms with Gasteiger partial charge in [-0.05, 0) is 48.2 Å². The van der Waals surface area contributed by atoms with Gasteiger partial charge < -0.3 is 14.8 Å². The number of amides is 1. The third kappa shape index (κ3) is 6.95. The number of thioether (sulfide) groups is 1. The highest BCUT2D eigenvalue weighted by atomic mass is 32.2. The minimum Gasteiger partial charge on any atom is -0.485 e. The van der Waals surface area contributed by atoms with Gasteiger partial charge in [0.1, 0.15) is 12.4 Å². The average molecular weight is 495 g/mol. The highest BCUT2D eigenvalue weighted by Gasteiger charge is 2.16.